The topological polar surface area (TPSA) is 54.2 Å². The van der Waals surface area contributed by atoms with Gasteiger partial charge in [-0.15, -0.1) is 0 Å². The zero-order valence-electron chi connectivity index (χ0n) is 14.3. The number of nitrogens with zero attached hydrogens (tertiary/aromatic N) is 4. The lowest BCUT2D eigenvalue weighted by Gasteiger charge is -2.45. The van der Waals surface area contributed by atoms with Crippen LogP contribution in [0.2, 0.25) is 0 Å². The van der Waals surface area contributed by atoms with Gasteiger partial charge in [0.1, 0.15) is 12.2 Å². The van der Waals surface area contributed by atoms with Gasteiger partial charge in [0, 0.05) is 18.5 Å². The van der Waals surface area contributed by atoms with Gasteiger partial charge in [-0.25, -0.2) is 4.98 Å². The van der Waals surface area contributed by atoms with Crippen LogP contribution in [0.5, 0.6) is 0 Å². The van der Waals surface area contributed by atoms with Crippen LogP contribution in [-0.2, 0) is 13.0 Å². The average Bonchev–Trinajstić information content (AvgIpc) is 2.92. The average molecular weight is 296 g/mol. The second-order valence-corrected chi connectivity index (χ2v) is 5.60. The van der Waals surface area contributed by atoms with E-state index in [1.807, 2.05) is 4.68 Å². The maximum atomic E-state index is 10.9. The lowest BCUT2D eigenvalue weighted by Crippen LogP contribution is -2.56. The van der Waals surface area contributed by atoms with E-state index in [1.165, 1.54) is 0 Å². The van der Waals surface area contributed by atoms with Gasteiger partial charge in [0.15, 0.2) is 0 Å². The highest BCUT2D eigenvalue weighted by Gasteiger charge is 2.39. The number of aliphatic hydroxyl groups excluding tert-OH is 1. The number of hydrogen-bond donors (Lipinski definition) is 1. The van der Waals surface area contributed by atoms with Gasteiger partial charge in [-0.2, -0.15) is 5.10 Å². The fraction of sp³-hybridized carbons (Fsp3) is 0.875. The Morgan fingerprint density at radius 3 is 2.29 bits per heavy atom. The van der Waals surface area contributed by atoms with Crippen molar-refractivity contribution in [3.63, 3.8) is 0 Å². The van der Waals surface area contributed by atoms with Crippen molar-refractivity contribution in [3.8, 4) is 0 Å². The molecule has 0 aliphatic rings. The molecule has 1 N–H and O–H groups in total. The van der Waals surface area contributed by atoms with Crippen molar-refractivity contribution in [2.24, 2.45) is 0 Å². The number of rotatable bonds is 10. The number of hydrogen-bond acceptors (Lipinski definition) is 4. The normalized spacial score (nSPS) is 13.9. The second kappa shape index (κ2) is 8.49. The van der Waals surface area contributed by atoms with E-state index in [0.717, 1.165) is 44.7 Å². The molecule has 0 radical (unpaired) electrons. The third-order valence-electron chi connectivity index (χ3n) is 4.75. The van der Waals surface area contributed by atoms with Crippen molar-refractivity contribution in [3.05, 3.63) is 12.2 Å². The summed E-state index contributed by atoms with van der Waals surface area (Å²) in [5, 5.41) is 15.2. The number of likely N-dealkylation sites (N-methyl/N-ethyl adjacent to an activating group) is 1. The van der Waals surface area contributed by atoms with E-state index in [1.54, 1.807) is 6.33 Å². The van der Waals surface area contributed by atoms with Crippen LogP contribution in [0.4, 0.5) is 0 Å². The van der Waals surface area contributed by atoms with Gasteiger partial charge < -0.3 is 5.11 Å². The van der Waals surface area contributed by atoms with Crippen molar-refractivity contribution in [2.45, 2.75) is 78.5 Å². The van der Waals surface area contributed by atoms with E-state index in [9.17, 15) is 5.11 Å². The lowest BCUT2D eigenvalue weighted by atomic mass is 9.82. The van der Waals surface area contributed by atoms with Crippen LogP contribution in [0.25, 0.3) is 0 Å². The van der Waals surface area contributed by atoms with Gasteiger partial charge in [0.05, 0.1) is 6.10 Å². The monoisotopic (exact) mass is 296 g/mol. The molecule has 0 aliphatic heterocycles. The molecule has 0 fully saturated rings. The third kappa shape index (κ3) is 3.83. The van der Waals surface area contributed by atoms with Crippen molar-refractivity contribution in [1.82, 2.24) is 19.7 Å². The fourth-order valence-corrected chi connectivity index (χ4v) is 3.44. The minimum absolute atomic E-state index is 0.174. The summed E-state index contributed by atoms with van der Waals surface area (Å²) >= 11 is 0. The third-order valence-corrected chi connectivity index (χ3v) is 4.75. The molecule has 5 heteroatoms. The number of aromatic nitrogens is 3. The van der Waals surface area contributed by atoms with E-state index >= 15 is 0 Å². The highest BCUT2D eigenvalue weighted by Crippen LogP contribution is 2.29. The molecule has 0 saturated carbocycles. The maximum Gasteiger partial charge on any atom is 0.138 e. The first kappa shape index (κ1) is 18.1. The van der Waals surface area contributed by atoms with E-state index < -0.39 is 6.10 Å². The SMILES string of the molecule is CCCn1ncnc1CC(O)C(CC)(CC)N(CC)CC. The van der Waals surface area contributed by atoms with Crippen molar-refractivity contribution in [2.75, 3.05) is 13.1 Å². The Balaban J connectivity index is 2.95. The summed E-state index contributed by atoms with van der Waals surface area (Å²) in [5.74, 6) is 0.891. The van der Waals surface area contributed by atoms with E-state index in [2.05, 4.69) is 49.6 Å². The molecular weight excluding hydrogens is 264 g/mol. The molecule has 0 aromatic carbocycles. The van der Waals surface area contributed by atoms with Gasteiger partial charge in [-0.3, -0.25) is 9.58 Å². The fourth-order valence-electron chi connectivity index (χ4n) is 3.44. The molecule has 21 heavy (non-hydrogen) atoms. The standard InChI is InChI=1S/C16H32N4O/c1-6-11-20-15(17-13-18-20)12-14(21)16(7-2,8-3)19(9-4)10-5/h13-14,21H,6-12H2,1-5H3. The Morgan fingerprint density at radius 2 is 1.81 bits per heavy atom. The van der Waals surface area contributed by atoms with Gasteiger partial charge in [-0.05, 0) is 32.4 Å². The Morgan fingerprint density at radius 1 is 1.19 bits per heavy atom. The quantitative estimate of drug-likeness (QED) is 0.721. The molecule has 0 spiro atoms. The van der Waals surface area contributed by atoms with E-state index in [0.29, 0.717) is 6.42 Å². The Kier molecular flexibility index (Phi) is 7.32. The van der Waals surface area contributed by atoms with Crippen molar-refractivity contribution < 1.29 is 5.11 Å². The largest absolute Gasteiger partial charge is 0.391 e. The molecule has 122 valence electrons. The van der Waals surface area contributed by atoms with Crippen molar-refractivity contribution in [1.29, 1.82) is 0 Å². The highest BCUT2D eigenvalue weighted by molar-refractivity contribution is 5.00. The Hall–Kier alpha value is -0.940. The van der Waals surface area contributed by atoms with Crippen LogP contribution in [0.15, 0.2) is 6.33 Å². The number of aliphatic hydroxyl groups is 1. The van der Waals surface area contributed by atoms with Crippen LogP contribution in [0, 0.1) is 0 Å². The minimum Gasteiger partial charge on any atom is -0.391 e. The molecule has 1 rings (SSSR count). The molecular formula is C16H32N4O. The molecule has 0 saturated heterocycles. The molecule has 0 amide bonds. The summed E-state index contributed by atoms with van der Waals surface area (Å²) in [7, 11) is 0. The van der Waals surface area contributed by atoms with Crippen LogP contribution in [0.1, 0.15) is 59.7 Å². The van der Waals surface area contributed by atoms with Gasteiger partial charge in [0.2, 0.25) is 0 Å². The van der Waals surface area contributed by atoms with Gasteiger partial charge in [0.25, 0.3) is 0 Å². The highest BCUT2D eigenvalue weighted by atomic mass is 16.3. The minimum atomic E-state index is -0.424. The maximum absolute atomic E-state index is 10.9. The zero-order chi connectivity index (χ0) is 15.9. The molecule has 0 bridgehead atoms. The van der Waals surface area contributed by atoms with Crippen LogP contribution >= 0.6 is 0 Å². The Bertz CT molecular complexity index is 397. The summed E-state index contributed by atoms with van der Waals surface area (Å²) in [6, 6.07) is 0. The zero-order valence-corrected chi connectivity index (χ0v) is 14.3. The summed E-state index contributed by atoms with van der Waals surface area (Å²) in [6.07, 6.45) is 4.64. The first-order valence-corrected chi connectivity index (χ1v) is 8.39. The second-order valence-electron chi connectivity index (χ2n) is 5.60. The predicted molar refractivity (Wildman–Crippen MR) is 86.3 cm³/mol. The summed E-state index contributed by atoms with van der Waals surface area (Å²) in [4.78, 5) is 6.73. The van der Waals surface area contributed by atoms with E-state index in [4.69, 9.17) is 0 Å². The molecule has 1 aromatic heterocycles. The smallest absolute Gasteiger partial charge is 0.138 e. The molecule has 1 heterocycles. The molecule has 1 aromatic rings. The molecule has 5 nitrogen and oxygen atoms in total. The van der Waals surface area contributed by atoms with Crippen LogP contribution in [-0.4, -0.2) is 49.5 Å². The lowest BCUT2D eigenvalue weighted by molar-refractivity contribution is -0.0353. The number of aryl methyl sites for hydroxylation is 1. The first-order valence-electron chi connectivity index (χ1n) is 8.39. The van der Waals surface area contributed by atoms with Gasteiger partial charge >= 0.3 is 0 Å². The summed E-state index contributed by atoms with van der Waals surface area (Å²) in [6.45, 7) is 13.6. The predicted octanol–water partition coefficient (Wildman–Crippen LogP) is 2.49. The summed E-state index contributed by atoms with van der Waals surface area (Å²) in [5.41, 5.74) is -0.174. The van der Waals surface area contributed by atoms with E-state index in [-0.39, 0.29) is 5.54 Å². The molecule has 1 unspecified atom stereocenters. The Labute approximate surface area is 129 Å². The summed E-state index contributed by atoms with van der Waals surface area (Å²) < 4.78 is 1.92. The van der Waals surface area contributed by atoms with Crippen LogP contribution < -0.4 is 0 Å². The van der Waals surface area contributed by atoms with Crippen molar-refractivity contribution >= 4 is 0 Å². The first-order chi connectivity index (χ1) is 10.1. The molecule has 0 aliphatic carbocycles. The van der Waals surface area contributed by atoms with Crippen LogP contribution in [0.3, 0.4) is 0 Å². The van der Waals surface area contributed by atoms with Gasteiger partial charge in [-0.1, -0.05) is 34.6 Å². The molecule has 1 atom stereocenters.